The lowest BCUT2D eigenvalue weighted by Crippen LogP contribution is -1.89. The number of aromatic hydroxyl groups is 1. The Balaban J connectivity index is 3.01. The van der Waals surface area contributed by atoms with E-state index in [9.17, 15) is 9.90 Å². The summed E-state index contributed by atoms with van der Waals surface area (Å²) < 4.78 is 4.94. The summed E-state index contributed by atoms with van der Waals surface area (Å²) in [6.45, 7) is 1.46. The summed E-state index contributed by atoms with van der Waals surface area (Å²) in [4.78, 5) is 10.7. The van der Waals surface area contributed by atoms with Gasteiger partial charge in [0, 0.05) is 13.0 Å². The number of ether oxygens (including phenoxy) is 1. The monoisotopic (exact) mass is 261 g/mol. The van der Waals surface area contributed by atoms with Crippen LogP contribution in [0.3, 0.4) is 0 Å². The molecular weight excluding hydrogens is 250 g/mol. The van der Waals surface area contributed by atoms with Crippen molar-refractivity contribution in [2.45, 2.75) is 6.92 Å². The number of rotatable bonds is 2. The summed E-state index contributed by atoms with van der Waals surface area (Å²) >= 11 is 1.09. The van der Waals surface area contributed by atoms with Crippen molar-refractivity contribution in [2.75, 3.05) is 12.9 Å². The van der Waals surface area contributed by atoms with Gasteiger partial charge < -0.3 is 9.84 Å². The van der Waals surface area contributed by atoms with Crippen LogP contribution >= 0.6 is 11.8 Å². The molecule has 0 saturated heterocycles. The predicted octanol–water partition coefficient (Wildman–Crippen LogP) is 1.90. The Labute approximate surface area is 110 Å². The highest BCUT2D eigenvalue weighted by Gasteiger charge is 2.08. The number of methoxy groups -OCH3 is 1. The van der Waals surface area contributed by atoms with Crippen molar-refractivity contribution in [1.29, 1.82) is 5.26 Å². The molecule has 0 amide bonds. The van der Waals surface area contributed by atoms with Gasteiger partial charge in [-0.05, 0) is 6.07 Å². The molecule has 0 atom stereocenters. The van der Waals surface area contributed by atoms with Crippen LogP contribution in [-0.2, 0) is 4.79 Å². The summed E-state index contributed by atoms with van der Waals surface area (Å²) in [7, 11) is 1.40. The first-order valence-corrected chi connectivity index (χ1v) is 6.00. The van der Waals surface area contributed by atoms with Gasteiger partial charge in [0.15, 0.2) is 16.6 Å². The minimum Gasteiger partial charge on any atom is -0.503 e. The van der Waals surface area contributed by atoms with E-state index in [1.807, 2.05) is 6.07 Å². The summed E-state index contributed by atoms with van der Waals surface area (Å²) in [5, 5.41) is 18.6. The third kappa shape index (κ3) is 3.73. The van der Waals surface area contributed by atoms with E-state index >= 15 is 0 Å². The predicted molar refractivity (Wildman–Crippen MR) is 69.4 cm³/mol. The van der Waals surface area contributed by atoms with Gasteiger partial charge in [-0.3, -0.25) is 4.79 Å². The van der Waals surface area contributed by atoms with E-state index in [0.29, 0.717) is 16.9 Å². The third-order valence-corrected chi connectivity index (χ3v) is 2.69. The quantitative estimate of drug-likeness (QED) is 0.823. The highest BCUT2D eigenvalue weighted by atomic mass is 32.2. The first kappa shape index (κ1) is 14.0. The SMILES string of the molecule is COc1cc(C#N)cc(C#CCSC(C)=O)c1O. The maximum atomic E-state index is 10.7. The zero-order valence-corrected chi connectivity index (χ0v) is 10.8. The average Bonchev–Trinajstić information content (AvgIpc) is 2.36. The summed E-state index contributed by atoms with van der Waals surface area (Å²) in [6, 6.07) is 4.87. The molecule has 0 aliphatic carbocycles. The molecule has 92 valence electrons. The summed E-state index contributed by atoms with van der Waals surface area (Å²) in [5.74, 6) is 5.90. The van der Waals surface area contributed by atoms with Gasteiger partial charge in [0.2, 0.25) is 0 Å². The number of hydrogen-bond acceptors (Lipinski definition) is 5. The molecule has 4 nitrogen and oxygen atoms in total. The lowest BCUT2D eigenvalue weighted by atomic mass is 10.1. The van der Waals surface area contributed by atoms with Gasteiger partial charge in [-0.25, -0.2) is 0 Å². The minimum atomic E-state index is -0.100. The number of carbonyl (C=O) groups excluding carboxylic acids is 1. The smallest absolute Gasteiger partial charge is 0.186 e. The van der Waals surface area contributed by atoms with Crippen LogP contribution < -0.4 is 4.74 Å². The van der Waals surface area contributed by atoms with Gasteiger partial charge in [-0.1, -0.05) is 23.6 Å². The number of benzene rings is 1. The van der Waals surface area contributed by atoms with Crippen LogP contribution in [0.1, 0.15) is 18.1 Å². The molecule has 0 fully saturated rings. The molecule has 0 aliphatic heterocycles. The Bertz CT molecular complexity index is 564. The zero-order valence-electron chi connectivity index (χ0n) is 9.98. The van der Waals surface area contributed by atoms with Gasteiger partial charge in [-0.2, -0.15) is 5.26 Å². The van der Waals surface area contributed by atoms with E-state index in [1.54, 1.807) is 0 Å². The van der Waals surface area contributed by atoms with Crippen molar-refractivity contribution in [3.63, 3.8) is 0 Å². The molecule has 0 heterocycles. The fraction of sp³-hybridized carbons (Fsp3) is 0.231. The van der Waals surface area contributed by atoms with E-state index in [-0.39, 0.29) is 16.6 Å². The molecule has 1 N–H and O–H groups in total. The molecule has 0 spiro atoms. The lowest BCUT2D eigenvalue weighted by Gasteiger charge is -2.05. The van der Waals surface area contributed by atoms with Crippen molar-refractivity contribution in [3.8, 4) is 29.4 Å². The number of carbonyl (C=O) groups is 1. The van der Waals surface area contributed by atoms with Crippen LogP contribution in [0.5, 0.6) is 11.5 Å². The van der Waals surface area contributed by atoms with Crippen molar-refractivity contribution in [1.82, 2.24) is 0 Å². The van der Waals surface area contributed by atoms with Crippen LogP contribution in [-0.4, -0.2) is 23.1 Å². The standard InChI is InChI=1S/C13H11NO3S/c1-9(15)18-5-3-4-11-6-10(8-14)7-12(17-2)13(11)16/h6-7,16H,5H2,1-2H3. The molecule has 1 aromatic carbocycles. The Morgan fingerprint density at radius 2 is 2.28 bits per heavy atom. The maximum Gasteiger partial charge on any atom is 0.186 e. The molecule has 5 heteroatoms. The molecule has 0 aliphatic rings. The minimum absolute atomic E-state index is 0.0168. The van der Waals surface area contributed by atoms with E-state index in [1.165, 1.54) is 26.2 Å². The molecule has 0 bridgehead atoms. The summed E-state index contributed by atoms with van der Waals surface area (Å²) in [6.07, 6.45) is 0. The lowest BCUT2D eigenvalue weighted by molar-refractivity contribution is -0.109. The molecule has 18 heavy (non-hydrogen) atoms. The Morgan fingerprint density at radius 3 is 2.83 bits per heavy atom. The molecule has 1 aromatic rings. The van der Waals surface area contributed by atoms with E-state index in [2.05, 4.69) is 11.8 Å². The van der Waals surface area contributed by atoms with Gasteiger partial charge in [0.05, 0.1) is 30.1 Å². The van der Waals surface area contributed by atoms with Gasteiger partial charge in [0.25, 0.3) is 0 Å². The normalized spacial score (nSPS) is 8.94. The highest BCUT2D eigenvalue weighted by Crippen LogP contribution is 2.30. The van der Waals surface area contributed by atoms with Crippen LogP contribution in [0.4, 0.5) is 0 Å². The van der Waals surface area contributed by atoms with Gasteiger partial charge >= 0.3 is 0 Å². The first-order chi connectivity index (χ1) is 8.58. The van der Waals surface area contributed by atoms with Gasteiger partial charge in [-0.15, -0.1) is 0 Å². The topological polar surface area (TPSA) is 70.3 Å². The van der Waals surface area contributed by atoms with Crippen molar-refractivity contribution in [3.05, 3.63) is 23.3 Å². The zero-order chi connectivity index (χ0) is 13.5. The second-order valence-corrected chi connectivity index (χ2v) is 4.42. The van der Waals surface area contributed by atoms with Gasteiger partial charge in [0.1, 0.15) is 0 Å². The molecule has 1 rings (SSSR count). The first-order valence-electron chi connectivity index (χ1n) is 5.01. The van der Waals surface area contributed by atoms with Crippen LogP contribution in [0.25, 0.3) is 0 Å². The van der Waals surface area contributed by atoms with Crippen LogP contribution in [0.15, 0.2) is 12.1 Å². The fourth-order valence-electron chi connectivity index (χ4n) is 1.19. The van der Waals surface area contributed by atoms with Crippen LogP contribution in [0.2, 0.25) is 0 Å². The molecule has 0 aromatic heterocycles. The number of nitrogens with zero attached hydrogens (tertiary/aromatic N) is 1. The number of nitriles is 1. The van der Waals surface area contributed by atoms with Crippen LogP contribution in [0, 0.1) is 23.2 Å². The molecule has 0 unspecified atom stereocenters. The van der Waals surface area contributed by atoms with Crippen molar-refractivity contribution in [2.24, 2.45) is 0 Å². The third-order valence-electron chi connectivity index (χ3n) is 1.99. The Hall–Kier alpha value is -2.11. The van der Waals surface area contributed by atoms with E-state index in [0.717, 1.165) is 11.8 Å². The van der Waals surface area contributed by atoms with E-state index in [4.69, 9.17) is 10.00 Å². The number of phenolic OH excluding ortho intramolecular Hbond substituents is 1. The fourth-order valence-corrected chi connectivity index (χ4v) is 1.54. The molecule has 0 saturated carbocycles. The number of phenols is 1. The average molecular weight is 261 g/mol. The second kappa shape index (κ2) is 6.58. The highest BCUT2D eigenvalue weighted by molar-refractivity contribution is 8.13. The second-order valence-electron chi connectivity index (χ2n) is 3.27. The number of thioether (sulfide) groups is 1. The van der Waals surface area contributed by atoms with Crippen molar-refractivity contribution < 1.29 is 14.6 Å². The van der Waals surface area contributed by atoms with E-state index < -0.39 is 0 Å². The van der Waals surface area contributed by atoms with Crippen molar-refractivity contribution >= 4 is 16.9 Å². The molecular formula is C13H11NO3S. The Kier molecular flexibility index (Phi) is 5.10. The summed E-state index contributed by atoms with van der Waals surface area (Å²) in [5.41, 5.74) is 0.670. The molecule has 0 radical (unpaired) electrons. The maximum absolute atomic E-state index is 10.7. The Morgan fingerprint density at radius 1 is 1.56 bits per heavy atom. The number of hydrogen-bond donors (Lipinski definition) is 1. The largest absolute Gasteiger partial charge is 0.503 e.